The lowest BCUT2D eigenvalue weighted by Gasteiger charge is -2.45. The molecule has 0 bridgehead atoms. The minimum Gasteiger partial charge on any atom is -0.393 e. The Bertz CT molecular complexity index is 718. The van der Waals surface area contributed by atoms with Crippen LogP contribution in [0, 0.1) is 29.1 Å². The largest absolute Gasteiger partial charge is 0.393 e. The maximum absolute atomic E-state index is 13.7. The molecule has 1 saturated heterocycles. The second-order valence-corrected chi connectivity index (χ2v) is 11.8. The maximum Gasteiger partial charge on any atom is 0.249 e. The van der Waals surface area contributed by atoms with Crippen LogP contribution in [0.4, 0.5) is 8.78 Å². The minimum absolute atomic E-state index is 0.293. The lowest BCUT2D eigenvalue weighted by Crippen LogP contribution is -2.40. The van der Waals surface area contributed by atoms with Crippen molar-refractivity contribution in [2.45, 2.75) is 96.7 Å². The fraction of sp³-hybridized carbons (Fsp3) is 0.852. The van der Waals surface area contributed by atoms with Crippen LogP contribution in [0.5, 0.6) is 0 Å². The van der Waals surface area contributed by atoms with E-state index in [2.05, 4.69) is 30.9 Å². The number of aliphatic hydroxyl groups excluding tert-OH is 2. The zero-order valence-electron chi connectivity index (χ0n) is 20.2. The summed E-state index contributed by atoms with van der Waals surface area (Å²) in [6.45, 7) is 8.19. The highest BCUT2D eigenvalue weighted by Gasteiger charge is 2.51. The van der Waals surface area contributed by atoms with E-state index in [0.717, 1.165) is 32.0 Å². The summed E-state index contributed by atoms with van der Waals surface area (Å²) in [6.07, 6.45) is 12.2. The summed E-state index contributed by atoms with van der Waals surface area (Å²) in [7, 11) is 0. The van der Waals surface area contributed by atoms with E-state index in [1.54, 1.807) is 5.57 Å². The van der Waals surface area contributed by atoms with Crippen LogP contribution in [0.15, 0.2) is 23.3 Å². The van der Waals surface area contributed by atoms with Gasteiger partial charge in [-0.2, -0.15) is 0 Å². The van der Waals surface area contributed by atoms with Crippen molar-refractivity contribution in [2.24, 2.45) is 29.1 Å². The van der Waals surface area contributed by atoms with E-state index in [1.165, 1.54) is 25.7 Å². The Balaban J connectivity index is 1.41. The quantitative estimate of drug-likeness (QED) is 0.574. The first-order valence-corrected chi connectivity index (χ1v) is 12.9. The van der Waals surface area contributed by atoms with Crippen LogP contribution in [0.25, 0.3) is 0 Å². The van der Waals surface area contributed by atoms with Crippen LogP contribution in [-0.2, 0) is 0 Å². The van der Waals surface area contributed by atoms with Gasteiger partial charge in [-0.1, -0.05) is 37.1 Å². The van der Waals surface area contributed by atoms with E-state index in [9.17, 15) is 19.0 Å². The average molecular weight is 452 g/mol. The SMILES string of the molecule is C[C@H](CN1CC[C@@H](C(C)(F)F)C1)[C@H]1CC[C@H]2/C(=C/C=C3C[C@@H](O)C[C@H](O)C3)CCC[C@]12C. The van der Waals surface area contributed by atoms with E-state index >= 15 is 0 Å². The summed E-state index contributed by atoms with van der Waals surface area (Å²) in [5, 5.41) is 20.0. The number of halogens is 2. The number of likely N-dealkylation sites (tertiary alicyclic amines) is 1. The van der Waals surface area contributed by atoms with Crippen molar-refractivity contribution in [3.8, 4) is 0 Å². The molecule has 32 heavy (non-hydrogen) atoms. The Hall–Kier alpha value is -0.780. The van der Waals surface area contributed by atoms with Crippen LogP contribution < -0.4 is 0 Å². The third kappa shape index (κ3) is 5.15. The fourth-order valence-electron chi connectivity index (χ4n) is 7.69. The van der Waals surface area contributed by atoms with Gasteiger partial charge in [0.15, 0.2) is 0 Å². The Morgan fingerprint density at radius 1 is 1.16 bits per heavy atom. The van der Waals surface area contributed by atoms with Gasteiger partial charge in [0.2, 0.25) is 5.92 Å². The predicted octanol–water partition coefficient (Wildman–Crippen LogP) is 5.57. The molecule has 0 amide bonds. The van der Waals surface area contributed by atoms with Crippen molar-refractivity contribution in [1.29, 1.82) is 0 Å². The van der Waals surface area contributed by atoms with E-state index in [1.807, 2.05) is 0 Å². The van der Waals surface area contributed by atoms with Gasteiger partial charge in [0.25, 0.3) is 0 Å². The number of nitrogens with zero attached hydrogens (tertiary/aromatic N) is 1. The molecule has 4 fully saturated rings. The zero-order valence-corrected chi connectivity index (χ0v) is 20.2. The van der Waals surface area contributed by atoms with Crippen molar-refractivity contribution in [2.75, 3.05) is 19.6 Å². The molecule has 7 atom stereocenters. The average Bonchev–Trinajstić information content (AvgIpc) is 3.29. The Morgan fingerprint density at radius 2 is 1.88 bits per heavy atom. The first-order chi connectivity index (χ1) is 15.1. The van der Waals surface area contributed by atoms with Crippen LogP contribution in [-0.4, -0.2) is 52.9 Å². The molecule has 3 nitrogen and oxygen atoms in total. The zero-order chi connectivity index (χ0) is 23.1. The van der Waals surface area contributed by atoms with Gasteiger partial charge in [-0.3, -0.25) is 0 Å². The number of alkyl halides is 2. The van der Waals surface area contributed by atoms with Crippen LogP contribution in [0.1, 0.15) is 78.6 Å². The predicted molar refractivity (Wildman–Crippen MR) is 125 cm³/mol. The number of hydrogen-bond acceptors (Lipinski definition) is 3. The van der Waals surface area contributed by atoms with Crippen molar-refractivity contribution < 1.29 is 19.0 Å². The Morgan fingerprint density at radius 3 is 2.53 bits per heavy atom. The lowest BCUT2D eigenvalue weighted by atomic mass is 9.61. The van der Waals surface area contributed by atoms with Crippen LogP contribution in [0.2, 0.25) is 0 Å². The van der Waals surface area contributed by atoms with Crippen LogP contribution in [0.3, 0.4) is 0 Å². The highest BCUT2D eigenvalue weighted by atomic mass is 19.3. The van der Waals surface area contributed by atoms with Gasteiger partial charge in [-0.25, -0.2) is 8.78 Å². The fourth-order valence-corrected chi connectivity index (χ4v) is 7.69. The van der Waals surface area contributed by atoms with Gasteiger partial charge in [-0.05, 0) is 94.4 Å². The van der Waals surface area contributed by atoms with E-state index in [-0.39, 0.29) is 0 Å². The van der Waals surface area contributed by atoms with Gasteiger partial charge in [0.1, 0.15) is 0 Å². The molecule has 2 N–H and O–H groups in total. The molecule has 1 aliphatic heterocycles. The number of rotatable bonds is 5. The highest BCUT2D eigenvalue weighted by molar-refractivity contribution is 5.26. The molecule has 182 valence electrons. The van der Waals surface area contributed by atoms with Gasteiger partial charge in [-0.15, -0.1) is 0 Å². The minimum atomic E-state index is -2.57. The molecule has 0 aromatic carbocycles. The molecule has 0 unspecified atom stereocenters. The van der Waals surface area contributed by atoms with E-state index < -0.39 is 24.0 Å². The summed E-state index contributed by atoms with van der Waals surface area (Å²) in [5.41, 5.74) is 3.00. The molecule has 0 aromatic heterocycles. The molecule has 0 radical (unpaired) electrons. The van der Waals surface area contributed by atoms with Gasteiger partial charge in [0.05, 0.1) is 12.2 Å². The number of hydrogen-bond donors (Lipinski definition) is 2. The van der Waals surface area contributed by atoms with Crippen LogP contribution >= 0.6 is 0 Å². The molecule has 3 aliphatic carbocycles. The normalized spacial score (nSPS) is 41.2. The standard InChI is InChI=1S/C27H43F2NO2/c1-18(16-30-12-10-21(17-30)27(3,28)29)24-8-9-25-20(5-4-11-26(24,25)2)7-6-19-13-22(31)15-23(32)14-19/h6-7,18,21-25,31-32H,4-5,8-17H2,1-3H3/b20-7+/t18-,21-,22-,23-,24-,25+,26-/m1/s1. The molecular formula is C27H43F2NO2. The first kappa shape index (κ1) is 24.3. The smallest absolute Gasteiger partial charge is 0.249 e. The molecule has 1 heterocycles. The molecule has 0 spiro atoms. The lowest BCUT2D eigenvalue weighted by molar-refractivity contribution is -0.0360. The molecule has 5 heteroatoms. The Labute approximate surface area is 193 Å². The number of fused-ring (bicyclic) bond motifs is 1. The van der Waals surface area contributed by atoms with Crippen molar-refractivity contribution in [3.63, 3.8) is 0 Å². The molecule has 0 aromatic rings. The highest BCUT2D eigenvalue weighted by Crippen LogP contribution is 2.59. The second kappa shape index (κ2) is 9.46. The Kier molecular flexibility index (Phi) is 7.20. The summed E-state index contributed by atoms with van der Waals surface area (Å²) < 4.78 is 27.5. The van der Waals surface area contributed by atoms with Gasteiger partial charge in [0, 0.05) is 19.0 Å². The number of allylic oxidation sites excluding steroid dienone is 3. The summed E-state index contributed by atoms with van der Waals surface area (Å²) in [6, 6.07) is 0. The molecule has 3 saturated carbocycles. The van der Waals surface area contributed by atoms with Gasteiger partial charge < -0.3 is 15.1 Å². The monoisotopic (exact) mass is 451 g/mol. The van der Waals surface area contributed by atoms with Crippen molar-refractivity contribution >= 4 is 0 Å². The number of aliphatic hydroxyl groups is 2. The van der Waals surface area contributed by atoms with Gasteiger partial charge >= 0.3 is 0 Å². The molecule has 4 rings (SSSR count). The second-order valence-electron chi connectivity index (χ2n) is 11.8. The summed E-state index contributed by atoms with van der Waals surface area (Å²) in [4.78, 5) is 2.28. The molecular weight excluding hydrogens is 408 g/mol. The first-order valence-electron chi connectivity index (χ1n) is 12.9. The third-order valence-corrected chi connectivity index (χ3v) is 9.33. The summed E-state index contributed by atoms with van der Waals surface area (Å²) in [5.74, 6) is -1.29. The topological polar surface area (TPSA) is 43.7 Å². The van der Waals surface area contributed by atoms with Crippen molar-refractivity contribution in [1.82, 2.24) is 4.90 Å². The summed E-state index contributed by atoms with van der Waals surface area (Å²) >= 11 is 0. The van der Waals surface area contributed by atoms with Crippen molar-refractivity contribution in [3.05, 3.63) is 23.3 Å². The maximum atomic E-state index is 13.7. The van der Waals surface area contributed by atoms with E-state index in [0.29, 0.717) is 55.4 Å². The third-order valence-electron chi connectivity index (χ3n) is 9.33. The van der Waals surface area contributed by atoms with E-state index in [4.69, 9.17) is 0 Å². The molecule has 4 aliphatic rings.